The minimum absolute atomic E-state index is 0.693. The van der Waals surface area contributed by atoms with Gasteiger partial charge < -0.3 is 9.47 Å². The van der Waals surface area contributed by atoms with Gasteiger partial charge in [-0.25, -0.2) is 9.97 Å². The van der Waals surface area contributed by atoms with E-state index in [9.17, 15) is 0 Å². The summed E-state index contributed by atoms with van der Waals surface area (Å²) >= 11 is 0. The predicted octanol–water partition coefficient (Wildman–Crippen LogP) is 3.72. The van der Waals surface area contributed by atoms with E-state index in [1.807, 2.05) is 43.3 Å². The molecule has 0 spiro atoms. The SMILES string of the molecule is COc1ccc2nc(C)nc3c2c1Oc1ccccc1-3. The topological polar surface area (TPSA) is 44.2 Å². The van der Waals surface area contributed by atoms with Gasteiger partial charge in [0.2, 0.25) is 0 Å². The maximum atomic E-state index is 6.01. The average molecular weight is 264 g/mol. The van der Waals surface area contributed by atoms with Crippen LogP contribution in [0.2, 0.25) is 0 Å². The fraction of sp³-hybridized carbons (Fsp3) is 0.125. The van der Waals surface area contributed by atoms with Crippen molar-refractivity contribution in [1.29, 1.82) is 0 Å². The summed E-state index contributed by atoms with van der Waals surface area (Å²) in [6, 6.07) is 11.7. The van der Waals surface area contributed by atoms with Crippen LogP contribution in [0.5, 0.6) is 17.2 Å². The van der Waals surface area contributed by atoms with E-state index >= 15 is 0 Å². The highest BCUT2D eigenvalue weighted by Crippen LogP contribution is 2.48. The van der Waals surface area contributed by atoms with Crippen LogP contribution in [0.1, 0.15) is 5.82 Å². The molecule has 3 aromatic rings. The largest absolute Gasteiger partial charge is 0.493 e. The van der Waals surface area contributed by atoms with Crippen LogP contribution < -0.4 is 9.47 Å². The highest BCUT2D eigenvalue weighted by Gasteiger charge is 2.24. The van der Waals surface area contributed by atoms with Gasteiger partial charge in [0.15, 0.2) is 11.5 Å². The lowest BCUT2D eigenvalue weighted by atomic mass is 10.0. The van der Waals surface area contributed by atoms with Crippen LogP contribution in [-0.4, -0.2) is 17.1 Å². The van der Waals surface area contributed by atoms with E-state index in [-0.39, 0.29) is 0 Å². The standard InChI is InChI=1S/C16H12N2O2/c1-9-17-11-7-8-13(19-2)16-14(11)15(18-9)10-5-3-4-6-12(10)20-16/h3-8H,1-2H3. The lowest BCUT2D eigenvalue weighted by Gasteiger charge is -2.21. The third-order valence-corrected chi connectivity index (χ3v) is 3.47. The molecule has 4 nitrogen and oxygen atoms in total. The first-order valence-corrected chi connectivity index (χ1v) is 6.40. The first-order chi connectivity index (χ1) is 9.78. The highest BCUT2D eigenvalue weighted by atomic mass is 16.5. The molecule has 0 fully saturated rings. The van der Waals surface area contributed by atoms with Crippen molar-refractivity contribution in [3.8, 4) is 28.5 Å². The molecule has 0 unspecified atom stereocenters. The molecular weight excluding hydrogens is 252 g/mol. The molecule has 0 aliphatic carbocycles. The van der Waals surface area contributed by atoms with E-state index in [2.05, 4.69) is 9.97 Å². The maximum absolute atomic E-state index is 6.01. The van der Waals surface area contributed by atoms with Gasteiger partial charge in [-0.15, -0.1) is 0 Å². The molecule has 0 atom stereocenters. The molecule has 1 aliphatic rings. The fourth-order valence-corrected chi connectivity index (χ4v) is 2.61. The van der Waals surface area contributed by atoms with E-state index in [0.29, 0.717) is 11.5 Å². The summed E-state index contributed by atoms with van der Waals surface area (Å²) < 4.78 is 11.4. The molecule has 4 heteroatoms. The zero-order valence-electron chi connectivity index (χ0n) is 11.2. The molecule has 0 bridgehead atoms. The summed E-state index contributed by atoms with van der Waals surface area (Å²) in [6.07, 6.45) is 0. The maximum Gasteiger partial charge on any atom is 0.180 e. The number of benzene rings is 2. The predicted molar refractivity (Wildman–Crippen MR) is 76.3 cm³/mol. The number of fused-ring (bicyclic) bond motifs is 2. The number of nitrogens with zero attached hydrogens (tertiary/aromatic N) is 2. The first-order valence-electron chi connectivity index (χ1n) is 6.40. The average Bonchev–Trinajstić information content (AvgIpc) is 2.47. The molecule has 4 rings (SSSR count). The molecule has 98 valence electrons. The van der Waals surface area contributed by atoms with Crippen molar-refractivity contribution in [3.05, 3.63) is 42.2 Å². The van der Waals surface area contributed by atoms with Crippen molar-refractivity contribution in [2.75, 3.05) is 7.11 Å². The van der Waals surface area contributed by atoms with Crippen LogP contribution in [0.4, 0.5) is 0 Å². The van der Waals surface area contributed by atoms with E-state index in [0.717, 1.165) is 33.7 Å². The molecule has 0 saturated carbocycles. The van der Waals surface area contributed by atoms with Gasteiger partial charge in [0.25, 0.3) is 0 Å². The van der Waals surface area contributed by atoms with Crippen LogP contribution in [0.15, 0.2) is 36.4 Å². The van der Waals surface area contributed by atoms with Crippen molar-refractivity contribution in [1.82, 2.24) is 9.97 Å². The number of para-hydroxylation sites is 1. The number of aryl methyl sites for hydroxylation is 1. The molecule has 0 N–H and O–H groups in total. The Morgan fingerprint density at radius 3 is 2.75 bits per heavy atom. The van der Waals surface area contributed by atoms with E-state index in [1.165, 1.54) is 0 Å². The zero-order valence-corrected chi connectivity index (χ0v) is 11.2. The Morgan fingerprint density at radius 2 is 1.90 bits per heavy atom. The monoisotopic (exact) mass is 264 g/mol. The van der Waals surface area contributed by atoms with Crippen molar-refractivity contribution in [3.63, 3.8) is 0 Å². The summed E-state index contributed by atoms with van der Waals surface area (Å²) in [5.41, 5.74) is 2.77. The molecule has 0 saturated heterocycles. The second-order valence-corrected chi connectivity index (χ2v) is 4.71. The van der Waals surface area contributed by atoms with Crippen molar-refractivity contribution >= 4 is 10.9 Å². The second-order valence-electron chi connectivity index (χ2n) is 4.71. The minimum atomic E-state index is 0.693. The summed E-state index contributed by atoms with van der Waals surface area (Å²) in [7, 11) is 1.64. The molecule has 2 aromatic carbocycles. The summed E-state index contributed by atoms with van der Waals surface area (Å²) in [6.45, 7) is 1.90. The normalized spacial score (nSPS) is 11.9. The van der Waals surface area contributed by atoms with Gasteiger partial charge in [-0.05, 0) is 31.2 Å². The molecule has 2 heterocycles. The summed E-state index contributed by atoms with van der Waals surface area (Å²) in [4.78, 5) is 9.08. The van der Waals surface area contributed by atoms with Gasteiger partial charge in [0.1, 0.15) is 11.6 Å². The summed E-state index contributed by atoms with van der Waals surface area (Å²) in [5.74, 6) is 2.93. The van der Waals surface area contributed by atoms with Crippen LogP contribution >= 0.6 is 0 Å². The molecule has 1 aromatic heterocycles. The van der Waals surface area contributed by atoms with Crippen LogP contribution in [-0.2, 0) is 0 Å². The quantitative estimate of drug-likeness (QED) is 0.525. The van der Waals surface area contributed by atoms with Gasteiger partial charge in [-0.3, -0.25) is 0 Å². The van der Waals surface area contributed by atoms with Crippen LogP contribution in [0, 0.1) is 6.92 Å². The van der Waals surface area contributed by atoms with Gasteiger partial charge in [0, 0.05) is 5.56 Å². The van der Waals surface area contributed by atoms with Gasteiger partial charge in [-0.1, -0.05) is 12.1 Å². The number of methoxy groups -OCH3 is 1. The number of hydrogen-bond donors (Lipinski definition) is 0. The smallest absolute Gasteiger partial charge is 0.180 e. The van der Waals surface area contributed by atoms with Gasteiger partial charge in [-0.2, -0.15) is 0 Å². The van der Waals surface area contributed by atoms with Crippen molar-refractivity contribution in [2.45, 2.75) is 6.92 Å². The molecule has 1 aliphatic heterocycles. The third kappa shape index (κ3) is 1.42. The van der Waals surface area contributed by atoms with Gasteiger partial charge in [0.05, 0.1) is 23.7 Å². The number of hydrogen-bond acceptors (Lipinski definition) is 4. The number of ether oxygens (including phenoxy) is 2. The van der Waals surface area contributed by atoms with Crippen LogP contribution in [0.3, 0.4) is 0 Å². The Labute approximate surface area is 116 Å². The van der Waals surface area contributed by atoms with Crippen LogP contribution in [0.25, 0.3) is 22.2 Å². The second kappa shape index (κ2) is 3.93. The van der Waals surface area contributed by atoms with E-state index in [4.69, 9.17) is 9.47 Å². The lowest BCUT2D eigenvalue weighted by molar-refractivity contribution is 0.381. The molecule has 0 amide bonds. The number of rotatable bonds is 1. The molecule has 0 radical (unpaired) electrons. The zero-order chi connectivity index (χ0) is 13.7. The highest BCUT2D eigenvalue weighted by molar-refractivity contribution is 6.02. The summed E-state index contributed by atoms with van der Waals surface area (Å²) in [5, 5.41) is 0.911. The Hall–Kier alpha value is -2.62. The minimum Gasteiger partial charge on any atom is -0.493 e. The number of aromatic nitrogens is 2. The third-order valence-electron chi connectivity index (χ3n) is 3.47. The fourth-order valence-electron chi connectivity index (χ4n) is 2.61. The Kier molecular flexibility index (Phi) is 2.21. The Bertz CT molecular complexity index is 843. The van der Waals surface area contributed by atoms with E-state index < -0.39 is 0 Å². The lowest BCUT2D eigenvalue weighted by Crippen LogP contribution is -2.03. The molecular formula is C16H12N2O2. The van der Waals surface area contributed by atoms with E-state index in [1.54, 1.807) is 7.11 Å². The Balaban J connectivity index is 2.20. The van der Waals surface area contributed by atoms with Gasteiger partial charge >= 0.3 is 0 Å². The molecule has 20 heavy (non-hydrogen) atoms. The Morgan fingerprint density at radius 1 is 1.05 bits per heavy atom. The van der Waals surface area contributed by atoms with Crippen molar-refractivity contribution in [2.24, 2.45) is 0 Å². The van der Waals surface area contributed by atoms with Crippen molar-refractivity contribution < 1.29 is 9.47 Å². The first kappa shape index (κ1) is 11.2.